The number of carbonyl (C=O) groups is 1. The first-order valence-electron chi connectivity index (χ1n) is 6.23. The van der Waals surface area contributed by atoms with Gasteiger partial charge in [-0.1, -0.05) is 12.1 Å². The molecule has 0 amide bonds. The molecule has 0 saturated carbocycles. The number of benzene rings is 1. The third kappa shape index (κ3) is 2.25. The van der Waals surface area contributed by atoms with E-state index >= 15 is 0 Å². The largest absolute Gasteiger partial charge is 0.477 e. The van der Waals surface area contributed by atoms with Crippen molar-refractivity contribution >= 4 is 5.97 Å². The number of aromatic carboxylic acids is 1. The van der Waals surface area contributed by atoms with Crippen LogP contribution in [0.15, 0.2) is 41.3 Å². The van der Waals surface area contributed by atoms with Gasteiger partial charge in [-0.25, -0.2) is 9.59 Å². The zero-order chi connectivity index (χ0) is 15.0. The number of H-pyrrole nitrogens is 2. The molecule has 0 fully saturated rings. The van der Waals surface area contributed by atoms with Gasteiger partial charge in [-0.15, -0.1) is 0 Å². The molecular formula is C14H12N4O3. The number of aromatic amines is 2. The van der Waals surface area contributed by atoms with Crippen LogP contribution in [0.5, 0.6) is 0 Å². The molecule has 3 rings (SSSR count). The van der Waals surface area contributed by atoms with Crippen LogP contribution in [-0.4, -0.2) is 30.8 Å². The minimum atomic E-state index is -1.06. The van der Waals surface area contributed by atoms with Crippen LogP contribution >= 0.6 is 0 Å². The number of carboxylic acids is 1. The molecule has 0 atom stereocenters. The number of nitrogens with one attached hydrogen (secondary N) is 2. The molecule has 7 nitrogen and oxygen atoms in total. The second-order valence-electron chi connectivity index (χ2n) is 4.59. The van der Waals surface area contributed by atoms with Crippen molar-refractivity contribution in [2.75, 3.05) is 0 Å². The monoisotopic (exact) mass is 284 g/mol. The second-order valence-corrected chi connectivity index (χ2v) is 4.59. The van der Waals surface area contributed by atoms with Crippen molar-refractivity contribution in [2.24, 2.45) is 0 Å². The lowest BCUT2D eigenvalue weighted by atomic mass is 10.1. The summed E-state index contributed by atoms with van der Waals surface area (Å²) < 4.78 is 1.55. The van der Waals surface area contributed by atoms with Gasteiger partial charge >= 0.3 is 11.7 Å². The lowest BCUT2D eigenvalue weighted by molar-refractivity contribution is 0.0690. The normalized spacial score (nSPS) is 10.7. The molecule has 2 aromatic heterocycles. The molecule has 1 aromatic carbocycles. The lowest BCUT2D eigenvalue weighted by Gasteiger charge is -2.04. The molecule has 7 heteroatoms. The molecule has 0 aliphatic heterocycles. The van der Waals surface area contributed by atoms with E-state index < -0.39 is 5.97 Å². The van der Waals surface area contributed by atoms with E-state index in [9.17, 15) is 9.59 Å². The molecule has 0 unspecified atom stereocenters. The van der Waals surface area contributed by atoms with E-state index in [1.165, 1.54) is 6.07 Å². The summed E-state index contributed by atoms with van der Waals surface area (Å²) in [5, 5.41) is 15.3. The number of nitrogens with zero attached hydrogens (tertiary/aromatic N) is 2. The van der Waals surface area contributed by atoms with Gasteiger partial charge in [0.1, 0.15) is 5.69 Å². The predicted molar refractivity (Wildman–Crippen MR) is 75.7 cm³/mol. The van der Waals surface area contributed by atoms with Crippen LogP contribution in [0.1, 0.15) is 16.2 Å². The molecule has 3 aromatic rings. The van der Waals surface area contributed by atoms with Crippen molar-refractivity contribution < 1.29 is 9.90 Å². The van der Waals surface area contributed by atoms with Crippen molar-refractivity contribution in [1.29, 1.82) is 0 Å². The summed E-state index contributed by atoms with van der Waals surface area (Å²) in [6.07, 6.45) is 1.64. The third-order valence-electron chi connectivity index (χ3n) is 3.19. The van der Waals surface area contributed by atoms with E-state index in [2.05, 4.69) is 15.2 Å². The summed E-state index contributed by atoms with van der Waals surface area (Å²) in [7, 11) is 0. The van der Waals surface area contributed by atoms with E-state index in [0.29, 0.717) is 5.69 Å². The summed E-state index contributed by atoms with van der Waals surface area (Å²) >= 11 is 0. The Morgan fingerprint density at radius 1 is 1.29 bits per heavy atom. The van der Waals surface area contributed by atoms with Gasteiger partial charge in [-0.05, 0) is 25.1 Å². The Morgan fingerprint density at radius 2 is 2.00 bits per heavy atom. The number of carboxylic acid groups (broad SMARTS) is 1. The summed E-state index contributed by atoms with van der Waals surface area (Å²) in [6.45, 7) is 1.83. The van der Waals surface area contributed by atoms with Crippen LogP contribution in [0, 0.1) is 6.92 Å². The highest BCUT2D eigenvalue weighted by molar-refractivity contribution is 5.86. The second kappa shape index (κ2) is 4.78. The zero-order valence-corrected chi connectivity index (χ0v) is 11.1. The van der Waals surface area contributed by atoms with Crippen molar-refractivity contribution in [3.05, 3.63) is 58.4 Å². The Morgan fingerprint density at radius 3 is 2.52 bits per heavy atom. The zero-order valence-electron chi connectivity index (χ0n) is 11.1. The minimum absolute atomic E-state index is 0.0341. The molecule has 0 radical (unpaired) electrons. The van der Waals surface area contributed by atoms with Gasteiger partial charge in [0, 0.05) is 17.5 Å². The first-order chi connectivity index (χ1) is 10.1. The molecule has 0 aliphatic carbocycles. The molecule has 0 spiro atoms. The van der Waals surface area contributed by atoms with Crippen molar-refractivity contribution in [3.8, 4) is 16.9 Å². The molecule has 2 heterocycles. The number of aryl methyl sites for hydroxylation is 1. The Kier molecular flexibility index (Phi) is 2.94. The lowest BCUT2D eigenvalue weighted by Crippen LogP contribution is -2.15. The van der Waals surface area contributed by atoms with Crippen LogP contribution in [-0.2, 0) is 0 Å². The highest BCUT2D eigenvalue weighted by Gasteiger charge is 2.10. The summed E-state index contributed by atoms with van der Waals surface area (Å²) in [5.74, 6) is -1.06. The molecular weight excluding hydrogens is 272 g/mol. The molecule has 106 valence electrons. The summed E-state index contributed by atoms with van der Waals surface area (Å²) in [4.78, 5) is 25.1. The highest BCUT2D eigenvalue weighted by atomic mass is 16.4. The molecule has 21 heavy (non-hydrogen) atoms. The quantitative estimate of drug-likeness (QED) is 0.679. The fourth-order valence-corrected chi connectivity index (χ4v) is 2.14. The van der Waals surface area contributed by atoms with Crippen LogP contribution in [0.4, 0.5) is 0 Å². The van der Waals surface area contributed by atoms with Crippen LogP contribution < -0.4 is 5.69 Å². The minimum Gasteiger partial charge on any atom is -0.477 e. The Hall–Kier alpha value is -3.09. The maximum Gasteiger partial charge on any atom is 0.353 e. The smallest absolute Gasteiger partial charge is 0.353 e. The fraction of sp³-hybridized carbons (Fsp3) is 0.0714. The number of hydrogen-bond donors (Lipinski definition) is 3. The van der Waals surface area contributed by atoms with Crippen molar-refractivity contribution in [2.45, 2.75) is 6.92 Å². The number of hydrogen-bond acceptors (Lipinski definition) is 3. The average molecular weight is 284 g/mol. The van der Waals surface area contributed by atoms with Gasteiger partial charge in [0.25, 0.3) is 0 Å². The Labute approximate surface area is 118 Å². The van der Waals surface area contributed by atoms with Crippen LogP contribution in [0.25, 0.3) is 16.9 Å². The first kappa shape index (κ1) is 12.9. The van der Waals surface area contributed by atoms with E-state index in [4.69, 9.17) is 5.11 Å². The van der Waals surface area contributed by atoms with Crippen LogP contribution in [0.2, 0.25) is 0 Å². The first-order valence-corrected chi connectivity index (χ1v) is 6.23. The van der Waals surface area contributed by atoms with E-state index in [1.54, 1.807) is 35.0 Å². The molecule has 0 saturated heterocycles. The average Bonchev–Trinajstić information content (AvgIpc) is 3.07. The number of aromatic nitrogens is 4. The van der Waals surface area contributed by atoms with Crippen LogP contribution in [0.3, 0.4) is 0 Å². The Bertz CT molecular complexity index is 855. The maximum atomic E-state index is 11.7. The van der Waals surface area contributed by atoms with Gasteiger partial charge in [-0.3, -0.25) is 9.67 Å². The molecule has 3 N–H and O–H groups in total. The van der Waals surface area contributed by atoms with E-state index in [1.807, 2.05) is 6.92 Å². The summed E-state index contributed by atoms with van der Waals surface area (Å²) in [6, 6.07) is 8.61. The summed E-state index contributed by atoms with van der Waals surface area (Å²) in [5.41, 5.74) is 2.68. The molecule has 0 aliphatic rings. The highest BCUT2D eigenvalue weighted by Crippen LogP contribution is 2.19. The number of imidazole rings is 1. The Balaban J connectivity index is 1.97. The van der Waals surface area contributed by atoms with Crippen molar-refractivity contribution in [3.63, 3.8) is 0 Å². The standard InChI is InChI=1S/C14H12N4O3/c1-8-7-15-14(21)18(8)10-4-2-9(3-5-10)11-6-12(13(19)20)17-16-11/h2-7H,1H3,(H,15,21)(H,16,17)(H,19,20). The fourth-order valence-electron chi connectivity index (χ4n) is 2.14. The van der Waals surface area contributed by atoms with Gasteiger partial charge in [0.15, 0.2) is 0 Å². The van der Waals surface area contributed by atoms with Gasteiger partial charge < -0.3 is 10.1 Å². The van der Waals surface area contributed by atoms with Crippen molar-refractivity contribution in [1.82, 2.24) is 19.7 Å². The van der Waals surface area contributed by atoms with Gasteiger partial charge in [0.05, 0.1) is 11.4 Å². The van der Waals surface area contributed by atoms with Gasteiger partial charge in [-0.2, -0.15) is 5.10 Å². The van der Waals surface area contributed by atoms with E-state index in [0.717, 1.165) is 16.9 Å². The van der Waals surface area contributed by atoms with Gasteiger partial charge in [0.2, 0.25) is 0 Å². The SMILES string of the molecule is Cc1c[nH]c(=O)n1-c1ccc(-c2cc(C(=O)O)[nH]n2)cc1. The maximum absolute atomic E-state index is 11.7. The van der Waals surface area contributed by atoms with E-state index in [-0.39, 0.29) is 11.4 Å². The number of rotatable bonds is 3. The topological polar surface area (TPSA) is 104 Å². The predicted octanol–water partition coefficient (Wildman–Crippen LogP) is 1.56. The third-order valence-corrected chi connectivity index (χ3v) is 3.19. The molecule has 0 bridgehead atoms.